The number of aryl methyl sites for hydroxylation is 1. The van der Waals surface area contributed by atoms with E-state index in [2.05, 4.69) is 20.4 Å². The molecule has 1 aromatic carbocycles. The van der Waals surface area contributed by atoms with Crippen molar-refractivity contribution in [3.63, 3.8) is 0 Å². The molecule has 0 spiro atoms. The van der Waals surface area contributed by atoms with Gasteiger partial charge in [-0.15, -0.1) is 0 Å². The van der Waals surface area contributed by atoms with Gasteiger partial charge in [-0.25, -0.2) is 18.7 Å². The molecular weight excluding hydrogens is 442 g/mol. The standard InChI is InChI=1S/C24H24F2N6O2/c1-3-34-22(33)9-15-7-17(8-15)32-13-16(11-29-32)30-23-24-27-4-5-31(24)21(12-28-23)18-6-14(2)19(25)10-20(18)26/h4-6,10-13,15,17H,3,7-9H2,1-2H3,(H,28,30)/t15-,17-. The van der Waals surface area contributed by atoms with Crippen LogP contribution in [0.2, 0.25) is 0 Å². The molecule has 1 fully saturated rings. The minimum Gasteiger partial charge on any atom is -0.466 e. The van der Waals surface area contributed by atoms with Crippen molar-refractivity contribution in [2.75, 3.05) is 11.9 Å². The first-order valence-electron chi connectivity index (χ1n) is 11.2. The predicted octanol–water partition coefficient (Wildman–Crippen LogP) is 4.83. The number of ether oxygens (including phenoxy) is 1. The van der Waals surface area contributed by atoms with Crippen LogP contribution >= 0.6 is 0 Å². The number of aromatic nitrogens is 5. The minimum absolute atomic E-state index is 0.150. The van der Waals surface area contributed by atoms with E-state index in [1.807, 2.05) is 10.9 Å². The van der Waals surface area contributed by atoms with E-state index in [9.17, 15) is 13.6 Å². The molecule has 0 radical (unpaired) electrons. The van der Waals surface area contributed by atoms with Crippen molar-refractivity contribution >= 4 is 23.1 Å². The molecule has 0 saturated heterocycles. The maximum atomic E-state index is 14.5. The SMILES string of the molecule is CCOC(=O)C[C@H]1C[C@H](n2cc(Nc3ncc(-c4cc(C)c(F)cc4F)n4ccnc34)cn2)C1. The molecular formula is C24H24F2N6O2. The van der Waals surface area contributed by atoms with Gasteiger partial charge in [0.1, 0.15) is 11.6 Å². The lowest BCUT2D eigenvalue weighted by molar-refractivity contribution is -0.145. The van der Waals surface area contributed by atoms with Gasteiger partial charge in [-0.05, 0) is 44.2 Å². The lowest BCUT2D eigenvalue weighted by Crippen LogP contribution is -2.29. The van der Waals surface area contributed by atoms with E-state index >= 15 is 0 Å². The first kappa shape index (κ1) is 22.0. The number of halogens is 2. The highest BCUT2D eigenvalue weighted by Gasteiger charge is 2.33. The number of carbonyl (C=O) groups is 1. The molecule has 10 heteroatoms. The van der Waals surface area contributed by atoms with E-state index in [-0.39, 0.29) is 17.6 Å². The second-order valence-corrected chi connectivity index (χ2v) is 8.53. The van der Waals surface area contributed by atoms with Crippen LogP contribution < -0.4 is 5.32 Å². The zero-order chi connectivity index (χ0) is 23.8. The molecule has 8 nitrogen and oxygen atoms in total. The molecule has 1 aliphatic carbocycles. The van der Waals surface area contributed by atoms with Crippen molar-refractivity contribution in [1.82, 2.24) is 24.1 Å². The van der Waals surface area contributed by atoms with Crippen LogP contribution in [0.15, 0.2) is 43.1 Å². The molecule has 0 unspecified atom stereocenters. The van der Waals surface area contributed by atoms with Gasteiger partial charge >= 0.3 is 5.97 Å². The number of nitrogens with one attached hydrogen (secondary N) is 1. The van der Waals surface area contributed by atoms with Crippen LogP contribution in [0.3, 0.4) is 0 Å². The van der Waals surface area contributed by atoms with Gasteiger partial charge in [0, 0.05) is 36.6 Å². The van der Waals surface area contributed by atoms with Crippen LogP contribution in [0.1, 0.15) is 37.8 Å². The van der Waals surface area contributed by atoms with Crippen LogP contribution in [0.25, 0.3) is 16.9 Å². The third kappa shape index (κ3) is 4.11. The van der Waals surface area contributed by atoms with Gasteiger partial charge in [0.05, 0.1) is 36.4 Å². The van der Waals surface area contributed by atoms with Gasteiger partial charge in [0.15, 0.2) is 11.5 Å². The van der Waals surface area contributed by atoms with E-state index in [4.69, 9.17) is 4.74 Å². The van der Waals surface area contributed by atoms with E-state index in [0.717, 1.165) is 24.6 Å². The van der Waals surface area contributed by atoms with E-state index in [0.29, 0.717) is 41.7 Å². The number of esters is 1. The largest absolute Gasteiger partial charge is 0.466 e. The summed E-state index contributed by atoms with van der Waals surface area (Å²) in [7, 11) is 0. The fraction of sp³-hybridized carbons (Fsp3) is 0.333. The second-order valence-electron chi connectivity index (χ2n) is 8.53. The Bertz CT molecular complexity index is 1360. The maximum Gasteiger partial charge on any atom is 0.306 e. The molecule has 3 heterocycles. The average Bonchev–Trinajstić information content (AvgIpc) is 3.44. The number of rotatable bonds is 7. The smallest absolute Gasteiger partial charge is 0.306 e. The van der Waals surface area contributed by atoms with Crippen LogP contribution in [-0.4, -0.2) is 36.7 Å². The molecule has 1 aliphatic rings. The summed E-state index contributed by atoms with van der Waals surface area (Å²) in [6, 6.07) is 2.58. The number of hydrogen-bond acceptors (Lipinski definition) is 6. The molecule has 0 aliphatic heterocycles. The van der Waals surface area contributed by atoms with Gasteiger partial charge in [0.2, 0.25) is 0 Å². The number of carbonyl (C=O) groups excluding carboxylic acids is 1. The quantitative estimate of drug-likeness (QED) is 0.393. The van der Waals surface area contributed by atoms with Gasteiger partial charge in [-0.1, -0.05) is 0 Å². The van der Waals surface area contributed by atoms with Crippen molar-refractivity contribution in [3.8, 4) is 11.3 Å². The van der Waals surface area contributed by atoms with Gasteiger partial charge in [-0.3, -0.25) is 13.9 Å². The number of fused-ring (bicyclic) bond motifs is 1. The lowest BCUT2D eigenvalue weighted by atomic mass is 9.78. The summed E-state index contributed by atoms with van der Waals surface area (Å²) < 4.78 is 36.8. The highest BCUT2D eigenvalue weighted by atomic mass is 19.1. The number of nitrogens with zero attached hydrogens (tertiary/aromatic N) is 5. The monoisotopic (exact) mass is 466 g/mol. The fourth-order valence-corrected chi connectivity index (χ4v) is 4.34. The summed E-state index contributed by atoms with van der Waals surface area (Å²) in [6.07, 6.45) is 10.6. The van der Waals surface area contributed by atoms with E-state index in [1.54, 1.807) is 36.8 Å². The van der Waals surface area contributed by atoms with Crippen LogP contribution in [0, 0.1) is 24.5 Å². The average molecular weight is 466 g/mol. The van der Waals surface area contributed by atoms with Gasteiger partial charge < -0.3 is 10.1 Å². The summed E-state index contributed by atoms with van der Waals surface area (Å²) >= 11 is 0. The molecule has 0 bridgehead atoms. The number of anilines is 2. The molecule has 1 N–H and O–H groups in total. The van der Waals surface area contributed by atoms with E-state index < -0.39 is 11.6 Å². The summed E-state index contributed by atoms with van der Waals surface area (Å²) in [5.41, 5.74) is 2.31. The Hall–Kier alpha value is -3.82. The van der Waals surface area contributed by atoms with Crippen molar-refractivity contribution in [1.29, 1.82) is 0 Å². The van der Waals surface area contributed by atoms with Crippen molar-refractivity contribution in [2.24, 2.45) is 5.92 Å². The lowest BCUT2D eigenvalue weighted by Gasteiger charge is -2.34. The maximum absolute atomic E-state index is 14.5. The Morgan fingerprint density at radius 3 is 2.82 bits per heavy atom. The van der Waals surface area contributed by atoms with Crippen molar-refractivity contribution < 1.29 is 18.3 Å². The number of hydrogen-bond donors (Lipinski definition) is 1. The molecule has 34 heavy (non-hydrogen) atoms. The predicted molar refractivity (Wildman–Crippen MR) is 122 cm³/mol. The Morgan fingerprint density at radius 1 is 1.21 bits per heavy atom. The number of imidazole rings is 1. The molecule has 1 saturated carbocycles. The second kappa shape index (κ2) is 8.85. The van der Waals surface area contributed by atoms with Crippen LogP contribution in [-0.2, 0) is 9.53 Å². The topological polar surface area (TPSA) is 86.3 Å². The Balaban J connectivity index is 1.32. The van der Waals surface area contributed by atoms with Crippen LogP contribution in [0.5, 0.6) is 0 Å². The summed E-state index contributed by atoms with van der Waals surface area (Å²) in [4.78, 5) is 20.5. The van der Waals surface area contributed by atoms with Gasteiger partial charge in [0.25, 0.3) is 0 Å². The zero-order valence-corrected chi connectivity index (χ0v) is 18.8. The van der Waals surface area contributed by atoms with Crippen molar-refractivity contribution in [3.05, 3.63) is 60.3 Å². The zero-order valence-electron chi connectivity index (χ0n) is 18.8. The molecule has 4 aromatic rings. The van der Waals surface area contributed by atoms with Crippen LogP contribution in [0.4, 0.5) is 20.3 Å². The molecule has 0 atom stereocenters. The minimum atomic E-state index is -0.663. The van der Waals surface area contributed by atoms with Gasteiger partial charge in [-0.2, -0.15) is 5.10 Å². The molecule has 0 amide bonds. The third-order valence-corrected chi connectivity index (χ3v) is 6.16. The third-order valence-electron chi connectivity index (χ3n) is 6.16. The molecule has 5 rings (SSSR count). The number of benzene rings is 1. The Labute approximate surface area is 194 Å². The molecule has 176 valence electrons. The van der Waals surface area contributed by atoms with Crippen molar-refractivity contribution in [2.45, 2.75) is 39.2 Å². The Morgan fingerprint density at radius 2 is 2.03 bits per heavy atom. The Kier molecular flexibility index (Phi) is 5.72. The first-order valence-corrected chi connectivity index (χ1v) is 11.2. The molecule has 3 aromatic heterocycles. The fourth-order valence-electron chi connectivity index (χ4n) is 4.34. The normalized spacial score (nSPS) is 17.5. The summed E-state index contributed by atoms with van der Waals surface area (Å²) in [5, 5.41) is 7.67. The highest BCUT2D eigenvalue weighted by molar-refractivity contribution is 5.74. The highest BCUT2D eigenvalue weighted by Crippen LogP contribution is 2.40. The summed E-state index contributed by atoms with van der Waals surface area (Å²) in [5.74, 6) is -0.600. The van der Waals surface area contributed by atoms with E-state index in [1.165, 1.54) is 12.3 Å². The first-order chi connectivity index (χ1) is 16.4. The summed E-state index contributed by atoms with van der Waals surface area (Å²) in [6.45, 7) is 3.80.